The molecule has 1 unspecified atom stereocenters. The molecule has 0 bridgehead atoms. The van der Waals surface area contributed by atoms with Gasteiger partial charge in [-0.1, -0.05) is 38.8 Å². The van der Waals surface area contributed by atoms with E-state index in [1.165, 1.54) is 78.7 Å². The fourth-order valence-corrected chi connectivity index (χ4v) is 12.2. The quantitative estimate of drug-likeness (QED) is 0.0222. The van der Waals surface area contributed by atoms with E-state index in [4.69, 9.17) is 35.7 Å². The highest BCUT2D eigenvalue weighted by molar-refractivity contribution is 7.94. The number of carboxylic acid groups (broad SMARTS) is 2. The molecule has 4 aromatic heterocycles. The number of halogens is 5. The van der Waals surface area contributed by atoms with Gasteiger partial charge in [0.05, 0.1) is 81.5 Å². The summed E-state index contributed by atoms with van der Waals surface area (Å²) in [7, 11) is -14.3. The number of amides is 5. The summed E-state index contributed by atoms with van der Waals surface area (Å²) in [5.74, 6) is -3.23. The largest absolute Gasteiger partial charge is 0.778 e. The van der Waals surface area contributed by atoms with Crippen molar-refractivity contribution < 1.29 is 119 Å². The summed E-state index contributed by atoms with van der Waals surface area (Å²) >= 11 is 1.24. The molecular weight excluding hydrogens is 1440 g/mol. The average molecular weight is 1500 g/mol. The number of aromatic nitrogens is 7. The molecule has 35 nitrogen and oxygen atoms in total. The number of fused-ring (bicyclic) bond motifs is 2. The van der Waals surface area contributed by atoms with Crippen molar-refractivity contribution in [2.75, 3.05) is 80.3 Å². The molecular formula is C52H60F5N14O21PS5. The topological polar surface area (TPSA) is 493 Å². The Morgan fingerprint density at radius 1 is 0.857 bits per heavy atom. The Hall–Kier alpha value is -9.42. The number of carbonyl (C=O) groups excluding carboxylic acids is 3. The first kappa shape index (κ1) is 81.0. The van der Waals surface area contributed by atoms with Gasteiger partial charge >= 0.3 is 37.2 Å². The Morgan fingerprint density at radius 3 is 1.90 bits per heavy atom. The maximum atomic E-state index is 14.5. The Labute approximate surface area is 561 Å². The molecule has 8 N–H and O–H groups in total. The normalized spacial score (nSPS) is 13.6. The Kier molecular flexibility index (Phi) is 29.5. The number of sulfone groups is 1. The number of methoxy groups -OCH3 is 2. The third kappa shape index (κ3) is 25.5. The second-order valence-electron chi connectivity index (χ2n) is 20.0. The lowest BCUT2D eigenvalue weighted by Gasteiger charge is -2.28. The third-order valence-corrected chi connectivity index (χ3v) is 17.2. The van der Waals surface area contributed by atoms with E-state index in [-0.39, 0.29) is 53.6 Å². The monoisotopic (exact) mass is 1500 g/mol. The Bertz CT molecular complexity index is 4340. The van der Waals surface area contributed by atoms with E-state index in [2.05, 4.69) is 87.6 Å². The van der Waals surface area contributed by atoms with Gasteiger partial charge in [-0.2, -0.15) is 50.3 Å². The molecule has 98 heavy (non-hydrogen) atoms. The molecule has 1 atom stereocenters. The molecule has 5 amide bonds. The lowest BCUT2D eigenvalue weighted by molar-refractivity contribution is -0.193. The molecule has 534 valence electrons. The van der Waals surface area contributed by atoms with Crippen molar-refractivity contribution in [1.82, 2.24) is 48.6 Å². The number of carbonyl (C=O) groups is 5. The molecule has 0 saturated heterocycles. The molecule has 0 spiro atoms. The maximum absolute atomic E-state index is 14.5. The number of urea groups is 2. The number of hydrogen-bond donors (Lipinski definition) is 8. The molecule has 2 aliphatic rings. The van der Waals surface area contributed by atoms with Gasteiger partial charge in [0.15, 0.2) is 27.3 Å². The summed E-state index contributed by atoms with van der Waals surface area (Å²) in [6.45, 7) is -0.889. The van der Waals surface area contributed by atoms with Crippen molar-refractivity contribution in [3.63, 3.8) is 0 Å². The van der Waals surface area contributed by atoms with E-state index >= 15 is 0 Å². The fraction of sp³-hybridized carbons (Fsp3) is 0.346. The zero-order valence-electron chi connectivity index (χ0n) is 52.1. The number of benzene rings is 2. The number of aromatic carboxylic acids is 1. The second-order valence-corrected chi connectivity index (χ2v) is 30.3. The van der Waals surface area contributed by atoms with Crippen molar-refractivity contribution in [1.29, 1.82) is 0 Å². The minimum Gasteiger partial charge on any atom is -0.778 e. The smallest absolute Gasteiger partial charge is 0.388 e. The molecule has 0 aliphatic carbocycles. The van der Waals surface area contributed by atoms with Crippen LogP contribution in [0.4, 0.5) is 54.8 Å². The average Bonchev–Trinajstić information content (AvgIpc) is 1.21. The van der Waals surface area contributed by atoms with Crippen molar-refractivity contribution in [2.24, 2.45) is 10.4 Å². The van der Waals surface area contributed by atoms with E-state index in [0.29, 0.717) is 33.2 Å². The number of pyridine rings is 1. The minimum atomic E-state index is -4.71. The van der Waals surface area contributed by atoms with Crippen molar-refractivity contribution >= 4 is 113 Å². The van der Waals surface area contributed by atoms with Crippen LogP contribution < -0.4 is 63.7 Å². The number of anilines is 3. The summed E-state index contributed by atoms with van der Waals surface area (Å²) in [6, 6.07) is 8.46. The van der Waals surface area contributed by atoms with Crippen LogP contribution in [0, 0.1) is 23.6 Å². The fourth-order valence-electron chi connectivity index (χ4n) is 7.43. The summed E-state index contributed by atoms with van der Waals surface area (Å²) in [5.41, 5.74) is 0.0336. The maximum Gasteiger partial charge on any atom is 0.388 e. The van der Waals surface area contributed by atoms with E-state index in [1.807, 2.05) is 9.88 Å². The Balaban J connectivity index is 0.000000284. The first-order chi connectivity index (χ1) is 45.6. The van der Waals surface area contributed by atoms with Crippen LogP contribution in [0.1, 0.15) is 37.0 Å². The number of alkyl halides is 4. The zero-order chi connectivity index (χ0) is 73.7. The van der Waals surface area contributed by atoms with Gasteiger partial charge in [-0.25, -0.2) is 55.0 Å². The van der Waals surface area contributed by atoms with Crippen molar-refractivity contribution in [3.8, 4) is 41.6 Å². The first-order valence-corrected chi connectivity index (χ1v) is 36.4. The highest BCUT2D eigenvalue weighted by Crippen LogP contribution is 2.38. The number of rotatable bonds is 21. The summed E-state index contributed by atoms with van der Waals surface area (Å²) in [4.78, 5) is 98.0. The van der Waals surface area contributed by atoms with Crippen LogP contribution in [-0.2, 0) is 67.9 Å². The van der Waals surface area contributed by atoms with Crippen molar-refractivity contribution in [2.45, 2.75) is 61.8 Å². The van der Waals surface area contributed by atoms with Gasteiger partial charge in [-0.15, -0.1) is 6.42 Å². The SMILES string of the molecule is C#CCN1C(=O)COc2cc(F)c(N=c3snc4n3CC(C)(C)C4)cc21.CCS(=O)(=O)c1cccnc1S(=O)(=O)NC(=O)Nc1nc(OC)cc(OC)n1.C[S+](C)C.O=C(Nc1nc(OC(F)F)cc(OC(F)F)n1)NS(=O)(=O)c1ccccc1C(=O)O.O=C(O)CNCP(=O)([O-])O. The van der Waals surface area contributed by atoms with Crippen LogP contribution in [0.25, 0.3) is 0 Å². The van der Waals surface area contributed by atoms with Crippen molar-refractivity contribution in [3.05, 3.63) is 88.9 Å². The highest BCUT2D eigenvalue weighted by Gasteiger charge is 2.33. The highest BCUT2D eigenvalue weighted by atomic mass is 32.2. The van der Waals surface area contributed by atoms with Crippen LogP contribution in [0.2, 0.25) is 0 Å². The number of carboxylic acids is 2. The van der Waals surface area contributed by atoms with Gasteiger partial charge in [0, 0.05) is 36.8 Å². The van der Waals surface area contributed by atoms with Crippen LogP contribution in [0.3, 0.4) is 0 Å². The summed E-state index contributed by atoms with van der Waals surface area (Å²) in [6.07, 6.45) is 13.2. The number of nitrogens with one attached hydrogen (secondary N) is 5. The molecule has 0 radical (unpaired) electrons. The predicted octanol–water partition coefficient (Wildman–Crippen LogP) is 3.00. The molecule has 2 aliphatic heterocycles. The van der Waals surface area contributed by atoms with E-state index in [9.17, 15) is 80.6 Å². The Morgan fingerprint density at radius 2 is 1.39 bits per heavy atom. The van der Waals surface area contributed by atoms with Crippen LogP contribution >= 0.6 is 19.1 Å². The van der Waals surface area contributed by atoms with E-state index < -0.39 is 131 Å². The number of terminal acetylenes is 1. The number of ether oxygens (including phenoxy) is 5. The van der Waals surface area contributed by atoms with Crippen LogP contribution in [0.5, 0.6) is 29.3 Å². The van der Waals surface area contributed by atoms with Crippen LogP contribution in [-0.4, -0.2) is 182 Å². The van der Waals surface area contributed by atoms with E-state index in [0.717, 1.165) is 43.2 Å². The van der Waals surface area contributed by atoms with Gasteiger partial charge < -0.3 is 52.8 Å². The molecule has 0 fully saturated rings. The number of nitrogens with zero attached hydrogens (tertiary/aromatic N) is 9. The summed E-state index contributed by atoms with van der Waals surface area (Å²) in [5, 5.41) is 22.0. The number of sulfonamides is 2. The van der Waals surface area contributed by atoms with Gasteiger partial charge in [-0.3, -0.25) is 30.4 Å². The molecule has 8 rings (SSSR count). The van der Waals surface area contributed by atoms with Crippen LogP contribution in [0.15, 0.2) is 86.7 Å². The van der Waals surface area contributed by atoms with Gasteiger partial charge in [0.1, 0.15) is 34.6 Å². The summed E-state index contributed by atoms with van der Waals surface area (Å²) < 4.78 is 180. The standard InChI is InChI=1S/C18H17FN4O2S.C14H10F4N4O7S.C14H17N5O7S2.C3H8NO5P.C3H9S/c1-4-5-22-13-7-12(11(19)6-14(13)25-9-16(22)24)20-17-23-10-18(2,3)8-15(23)21-26-17;15-11(16)28-8-5-9(29-12(17)18)20-13(19-8)21-14(25)22-30(26,27)7-4-2-1-3-6(7)10(23)24;1-4-27(21,22)9-6-5-7-15-12(9)28(23,24)19-14(20)18-13-16-10(25-2)8-11(17-13)26-3;5-3(6)1-4-2-10(7,8)9;1-4(2)3/h1,6-7H,5,8-10H2,2-3H3;1-5,11-12H,(H,23,24)(H2,19,20,21,22,25);5-8H,4H2,1-3H3,(H2,16,17,18,19,20);4H,1-2H2,(H,5,6)(H2,7,8,9);1-3H3/q;;;;+1/p-1. The molecule has 2 aromatic carbocycles. The second kappa shape index (κ2) is 35.7. The minimum absolute atomic E-state index is 0.0612. The number of hydrogen-bond acceptors (Lipinski definition) is 27. The molecule has 46 heteroatoms. The molecule has 6 aromatic rings. The molecule has 0 saturated carbocycles. The van der Waals surface area contributed by atoms with Gasteiger partial charge in [-0.05, 0) is 46.6 Å². The first-order valence-electron chi connectivity index (χ1n) is 26.8. The van der Waals surface area contributed by atoms with E-state index in [1.54, 1.807) is 10.0 Å². The lowest BCUT2D eigenvalue weighted by atomic mass is 9.92. The predicted molar refractivity (Wildman–Crippen MR) is 336 cm³/mol. The van der Waals surface area contributed by atoms with Gasteiger partial charge in [0.25, 0.3) is 26.0 Å². The van der Waals surface area contributed by atoms with Gasteiger partial charge in [0.2, 0.25) is 40.2 Å². The zero-order valence-corrected chi connectivity index (χ0v) is 57.1. The lowest BCUT2D eigenvalue weighted by Crippen LogP contribution is -2.39. The number of aliphatic carboxylic acids is 1. The third-order valence-electron chi connectivity index (χ3n) is 11.2. The molecule has 6 heterocycles.